The average molecular weight is 151 g/mol. The van der Waals surface area contributed by atoms with Crippen molar-refractivity contribution in [1.82, 2.24) is 9.97 Å². The molecule has 0 atom stereocenters. The van der Waals surface area contributed by atoms with Crippen molar-refractivity contribution in [1.29, 1.82) is 0 Å². The Bertz CT molecular complexity index is 245. The van der Waals surface area contributed by atoms with E-state index in [4.69, 9.17) is 5.73 Å². The summed E-state index contributed by atoms with van der Waals surface area (Å²) in [4.78, 5) is 8.34. The van der Waals surface area contributed by atoms with E-state index >= 15 is 0 Å². The summed E-state index contributed by atoms with van der Waals surface area (Å²) in [6.07, 6.45) is 2.77. The first kappa shape index (κ1) is 8.14. The highest BCUT2D eigenvalue weighted by Crippen LogP contribution is 2.03. The molecule has 0 aliphatic heterocycles. The van der Waals surface area contributed by atoms with E-state index in [1.807, 2.05) is 13.1 Å². The molecule has 3 heteroatoms. The minimum Gasteiger partial charge on any atom is -0.324 e. The Labute approximate surface area is 66.7 Å². The number of rotatable bonds is 2. The van der Waals surface area contributed by atoms with E-state index in [1.165, 1.54) is 0 Å². The lowest BCUT2D eigenvalue weighted by atomic mass is 10.2. The molecule has 3 nitrogen and oxygen atoms in total. The van der Waals surface area contributed by atoms with Crippen LogP contribution in [0, 0.1) is 6.92 Å². The first-order chi connectivity index (χ1) is 5.27. The summed E-state index contributed by atoms with van der Waals surface area (Å²) in [5.74, 6) is 0.729. The molecule has 0 radical (unpaired) electrons. The molecular weight excluding hydrogens is 138 g/mol. The molecule has 0 aliphatic carbocycles. The molecule has 60 valence electrons. The Balaban J connectivity index is 3.02. The Morgan fingerprint density at radius 3 is 2.82 bits per heavy atom. The Morgan fingerprint density at radius 1 is 1.55 bits per heavy atom. The fourth-order valence-corrected chi connectivity index (χ4v) is 0.975. The minimum atomic E-state index is 0.424. The maximum absolute atomic E-state index is 5.40. The molecule has 1 aromatic rings. The molecule has 0 spiro atoms. The maximum Gasteiger partial charge on any atom is 0.142 e. The molecule has 0 fully saturated rings. The van der Waals surface area contributed by atoms with Crippen LogP contribution in [0.15, 0.2) is 6.20 Å². The molecule has 1 aromatic heterocycles. The van der Waals surface area contributed by atoms with Gasteiger partial charge >= 0.3 is 0 Å². The zero-order valence-electron chi connectivity index (χ0n) is 6.96. The summed E-state index contributed by atoms with van der Waals surface area (Å²) >= 11 is 0. The number of nitrogens with zero attached hydrogens (tertiary/aromatic N) is 2. The first-order valence-electron chi connectivity index (χ1n) is 3.79. The van der Waals surface area contributed by atoms with Crippen molar-refractivity contribution >= 4 is 0 Å². The Hall–Kier alpha value is -0.960. The van der Waals surface area contributed by atoms with Crippen molar-refractivity contribution in [3.8, 4) is 0 Å². The monoisotopic (exact) mass is 151 g/mol. The summed E-state index contributed by atoms with van der Waals surface area (Å²) < 4.78 is 0. The highest BCUT2D eigenvalue weighted by Gasteiger charge is 1.98. The van der Waals surface area contributed by atoms with Crippen molar-refractivity contribution < 1.29 is 0 Å². The molecule has 0 saturated heterocycles. The molecule has 1 rings (SSSR count). The van der Waals surface area contributed by atoms with Crippen LogP contribution in [0.1, 0.15) is 24.0 Å². The molecule has 0 saturated carbocycles. The van der Waals surface area contributed by atoms with Gasteiger partial charge in [0.15, 0.2) is 0 Å². The highest BCUT2D eigenvalue weighted by atomic mass is 14.9. The molecule has 1 heterocycles. The number of hydrogen-bond acceptors (Lipinski definition) is 3. The van der Waals surface area contributed by atoms with Gasteiger partial charge in [0.2, 0.25) is 0 Å². The summed E-state index contributed by atoms with van der Waals surface area (Å²) in [5.41, 5.74) is 7.64. The standard InChI is InChI=1S/C8H13N3/c1-3-7-6(2)5-10-8(4-9)11-7/h5H,3-4,9H2,1-2H3. The van der Waals surface area contributed by atoms with E-state index in [0.717, 1.165) is 23.5 Å². The van der Waals surface area contributed by atoms with Crippen molar-refractivity contribution in [3.05, 3.63) is 23.3 Å². The van der Waals surface area contributed by atoms with Gasteiger partial charge in [-0.3, -0.25) is 0 Å². The molecule has 0 aromatic carbocycles. The number of aromatic nitrogens is 2. The van der Waals surface area contributed by atoms with Gasteiger partial charge in [-0.15, -0.1) is 0 Å². The first-order valence-corrected chi connectivity index (χ1v) is 3.79. The summed E-state index contributed by atoms with van der Waals surface area (Å²) in [6.45, 7) is 4.52. The van der Waals surface area contributed by atoms with Crippen LogP contribution in [0.25, 0.3) is 0 Å². The summed E-state index contributed by atoms with van der Waals surface area (Å²) in [5, 5.41) is 0. The van der Waals surface area contributed by atoms with E-state index in [9.17, 15) is 0 Å². The van der Waals surface area contributed by atoms with Gasteiger partial charge in [-0.2, -0.15) is 0 Å². The van der Waals surface area contributed by atoms with Gasteiger partial charge in [0.1, 0.15) is 5.82 Å². The molecular formula is C8H13N3. The predicted molar refractivity (Wildman–Crippen MR) is 44.0 cm³/mol. The second-order valence-corrected chi connectivity index (χ2v) is 2.47. The third-order valence-electron chi connectivity index (χ3n) is 1.64. The number of nitrogens with two attached hydrogens (primary N) is 1. The van der Waals surface area contributed by atoms with Crippen LogP contribution >= 0.6 is 0 Å². The smallest absolute Gasteiger partial charge is 0.142 e. The van der Waals surface area contributed by atoms with Crippen LogP contribution in [0.3, 0.4) is 0 Å². The van der Waals surface area contributed by atoms with Crippen LogP contribution in [-0.2, 0) is 13.0 Å². The van der Waals surface area contributed by atoms with Crippen molar-refractivity contribution in [2.45, 2.75) is 26.8 Å². The summed E-state index contributed by atoms with van der Waals surface area (Å²) in [6, 6.07) is 0. The molecule has 0 aliphatic rings. The second kappa shape index (κ2) is 3.44. The van der Waals surface area contributed by atoms with E-state index in [0.29, 0.717) is 6.54 Å². The van der Waals surface area contributed by atoms with Crippen LogP contribution in [0.5, 0.6) is 0 Å². The van der Waals surface area contributed by atoms with E-state index < -0.39 is 0 Å². The molecule has 2 N–H and O–H groups in total. The highest BCUT2D eigenvalue weighted by molar-refractivity contribution is 5.15. The molecule has 0 bridgehead atoms. The molecule has 0 unspecified atom stereocenters. The van der Waals surface area contributed by atoms with Crippen LogP contribution in [-0.4, -0.2) is 9.97 Å². The van der Waals surface area contributed by atoms with Gasteiger partial charge in [-0.25, -0.2) is 9.97 Å². The topological polar surface area (TPSA) is 51.8 Å². The predicted octanol–water partition coefficient (Wildman–Crippen LogP) is 0.806. The molecule has 0 amide bonds. The minimum absolute atomic E-state index is 0.424. The van der Waals surface area contributed by atoms with Gasteiger partial charge in [0, 0.05) is 11.9 Å². The normalized spacial score (nSPS) is 10.1. The quantitative estimate of drug-likeness (QED) is 0.680. The average Bonchev–Trinajstić information content (AvgIpc) is 2.05. The third kappa shape index (κ3) is 1.74. The van der Waals surface area contributed by atoms with E-state index in [-0.39, 0.29) is 0 Å². The van der Waals surface area contributed by atoms with Crippen molar-refractivity contribution in [2.75, 3.05) is 0 Å². The Morgan fingerprint density at radius 2 is 2.27 bits per heavy atom. The van der Waals surface area contributed by atoms with E-state index in [1.54, 1.807) is 0 Å². The van der Waals surface area contributed by atoms with E-state index in [2.05, 4.69) is 16.9 Å². The molecule has 11 heavy (non-hydrogen) atoms. The number of hydrogen-bond donors (Lipinski definition) is 1. The largest absolute Gasteiger partial charge is 0.324 e. The van der Waals surface area contributed by atoms with Gasteiger partial charge in [-0.1, -0.05) is 6.92 Å². The van der Waals surface area contributed by atoms with Gasteiger partial charge in [-0.05, 0) is 18.9 Å². The Kier molecular flexibility index (Phi) is 2.54. The zero-order chi connectivity index (χ0) is 8.27. The van der Waals surface area contributed by atoms with Gasteiger partial charge in [0.25, 0.3) is 0 Å². The lowest BCUT2D eigenvalue weighted by Crippen LogP contribution is -2.05. The second-order valence-electron chi connectivity index (χ2n) is 2.47. The fraction of sp³-hybridized carbons (Fsp3) is 0.500. The van der Waals surface area contributed by atoms with Crippen LogP contribution < -0.4 is 5.73 Å². The van der Waals surface area contributed by atoms with Gasteiger partial charge in [0.05, 0.1) is 6.54 Å². The number of aryl methyl sites for hydroxylation is 2. The maximum atomic E-state index is 5.40. The van der Waals surface area contributed by atoms with Crippen LogP contribution in [0.4, 0.5) is 0 Å². The zero-order valence-corrected chi connectivity index (χ0v) is 6.96. The third-order valence-corrected chi connectivity index (χ3v) is 1.64. The van der Waals surface area contributed by atoms with Crippen molar-refractivity contribution in [2.24, 2.45) is 5.73 Å². The lowest BCUT2D eigenvalue weighted by molar-refractivity contribution is 0.855. The summed E-state index contributed by atoms with van der Waals surface area (Å²) in [7, 11) is 0. The van der Waals surface area contributed by atoms with Crippen LogP contribution in [0.2, 0.25) is 0 Å². The van der Waals surface area contributed by atoms with Gasteiger partial charge < -0.3 is 5.73 Å². The van der Waals surface area contributed by atoms with Crippen molar-refractivity contribution in [3.63, 3.8) is 0 Å². The SMILES string of the molecule is CCc1nc(CN)ncc1C. The fourth-order valence-electron chi connectivity index (χ4n) is 0.975. The lowest BCUT2D eigenvalue weighted by Gasteiger charge is -2.02.